The molecule has 20 heavy (non-hydrogen) atoms. The zero-order chi connectivity index (χ0) is 13.9. The van der Waals surface area contributed by atoms with Gasteiger partial charge in [-0.25, -0.2) is 0 Å². The molecule has 0 amide bonds. The van der Waals surface area contributed by atoms with Gasteiger partial charge in [0.15, 0.2) is 0 Å². The lowest BCUT2D eigenvalue weighted by molar-refractivity contribution is 0.395. The van der Waals surface area contributed by atoms with Crippen LogP contribution in [0.25, 0.3) is 11.0 Å². The first kappa shape index (κ1) is 14.0. The first-order chi connectivity index (χ1) is 9.79. The molecule has 0 spiro atoms. The van der Waals surface area contributed by atoms with Crippen LogP contribution in [0.4, 0.5) is 0 Å². The maximum absolute atomic E-state index is 6.12. The molecule has 2 unspecified atom stereocenters. The van der Waals surface area contributed by atoms with E-state index in [2.05, 4.69) is 49.1 Å². The molecule has 0 bridgehead atoms. The van der Waals surface area contributed by atoms with Gasteiger partial charge in [0.1, 0.15) is 11.3 Å². The van der Waals surface area contributed by atoms with Gasteiger partial charge < -0.3 is 9.73 Å². The number of hydrogen-bond donors (Lipinski definition) is 1. The van der Waals surface area contributed by atoms with Crippen LogP contribution >= 0.6 is 11.8 Å². The number of para-hydroxylation sites is 1. The van der Waals surface area contributed by atoms with Gasteiger partial charge in [0.2, 0.25) is 0 Å². The summed E-state index contributed by atoms with van der Waals surface area (Å²) in [4.78, 5) is 0. The molecule has 1 saturated heterocycles. The van der Waals surface area contributed by atoms with E-state index in [4.69, 9.17) is 4.42 Å². The predicted molar refractivity (Wildman–Crippen MR) is 87.5 cm³/mol. The topological polar surface area (TPSA) is 25.2 Å². The molecule has 2 nitrogen and oxygen atoms in total. The van der Waals surface area contributed by atoms with Crippen molar-refractivity contribution in [3.05, 3.63) is 35.6 Å². The second kappa shape index (κ2) is 6.23. The summed E-state index contributed by atoms with van der Waals surface area (Å²) in [5.41, 5.74) is 2.38. The van der Waals surface area contributed by atoms with Crippen LogP contribution in [0, 0.1) is 0 Å². The van der Waals surface area contributed by atoms with Crippen LogP contribution in [0.3, 0.4) is 0 Å². The largest absolute Gasteiger partial charge is 0.459 e. The van der Waals surface area contributed by atoms with Crippen LogP contribution in [0.2, 0.25) is 0 Å². The van der Waals surface area contributed by atoms with E-state index in [1.807, 2.05) is 6.07 Å². The highest BCUT2D eigenvalue weighted by atomic mass is 32.2. The lowest BCUT2D eigenvalue weighted by atomic mass is 10.0. The number of hydrogen-bond acceptors (Lipinski definition) is 3. The Morgan fingerprint density at radius 1 is 1.40 bits per heavy atom. The molecule has 2 heterocycles. The minimum atomic E-state index is 0.293. The van der Waals surface area contributed by atoms with E-state index in [-0.39, 0.29) is 0 Å². The van der Waals surface area contributed by atoms with Gasteiger partial charge >= 0.3 is 0 Å². The standard InChI is InChI=1S/C17H23NOS/c1-3-14-15-8-4-5-9-16(15)19-17(14)12(2)18-13-7-6-10-20-11-13/h4-5,8-9,12-13,18H,3,6-7,10-11H2,1-2H3. The lowest BCUT2D eigenvalue weighted by Gasteiger charge is -2.25. The van der Waals surface area contributed by atoms with Crippen LogP contribution in [0.5, 0.6) is 0 Å². The van der Waals surface area contributed by atoms with Gasteiger partial charge in [-0.15, -0.1) is 0 Å². The lowest BCUT2D eigenvalue weighted by Crippen LogP contribution is -2.35. The highest BCUT2D eigenvalue weighted by Crippen LogP contribution is 2.31. The monoisotopic (exact) mass is 289 g/mol. The minimum Gasteiger partial charge on any atom is -0.459 e. The summed E-state index contributed by atoms with van der Waals surface area (Å²) in [7, 11) is 0. The number of fused-ring (bicyclic) bond motifs is 1. The molecule has 1 N–H and O–H groups in total. The molecule has 3 heteroatoms. The summed E-state index contributed by atoms with van der Waals surface area (Å²) in [5, 5.41) is 5.03. The molecule has 2 atom stereocenters. The number of thioether (sulfide) groups is 1. The quantitative estimate of drug-likeness (QED) is 0.894. The Morgan fingerprint density at radius 2 is 2.25 bits per heavy atom. The second-order valence-corrected chi connectivity index (χ2v) is 6.75. The van der Waals surface area contributed by atoms with Crippen molar-refractivity contribution >= 4 is 22.7 Å². The van der Waals surface area contributed by atoms with Gasteiger partial charge in [-0.2, -0.15) is 11.8 Å². The molecule has 3 rings (SSSR count). The number of furan rings is 1. The smallest absolute Gasteiger partial charge is 0.134 e. The van der Waals surface area contributed by atoms with Crippen molar-refractivity contribution < 1.29 is 4.42 Å². The molecule has 1 aromatic heterocycles. The Balaban J connectivity index is 1.84. The van der Waals surface area contributed by atoms with Crippen LogP contribution in [-0.2, 0) is 6.42 Å². The van der Waals surface area contributed by atoms with Gasteiger partial charge in [0, 0.05) is 22.7 Å². The molecule has 2 aromatic rings. The molecule has 1 aliphatic rings. The fourth-order valence-corrected chi connectivity index (χ4v) is 4.22. The average molecular weight is 289 g/mol. The molecule has 0 saturated carbocycles. The van der Waals surface area contributed by atoms with Gasteiger partial charge in [-0.05, 0) is 38.0 Å². The zero-order valence-corrected chi connectivity index (χ0v) is 13.1. The van der Waals surface area contributed by atoms with E-state index < -0.39 is 0 Å². The fraction of sp³-hybridized carbons (Fsp3) is 0.529. The maximum Gasteiger partial charge on any atom is 0.134 e. The normalized spacial score (nSPS) is 21.2. The Morgan fingerprint density at radius 3 is 3.00 bits per heavy atom. The van der Waals surface area contributed by atoms with E-state index in [9.17, 15) is 0 Å². The van der Waals surface area contributed by atoms with Crippen molar-refractivity contribution in [2.24, 2.45) is 0 Å². The Bertz CT molecular complexity index is 571. The highest BCUT2D eigenvalue weighted by molar-refractivity contribution is 7.99. The molecule has 1 aliphatic heterocycles. The van der Waals surface area contributed by atoms with Crippen LogP contribution < -0.4 is 5.32 Å². The van der Waals surface area contributed by atoms with Crippen LogP contribution in [0.1, 0.15) is 44.1 Å². The molecule has 0 aliphatic carbocycles. The average Bonchev–Trinajstić information content (AvgIpc) is 2.87. The molecule has 1 fully saturated rings. The Hall–Kier alpha value is -0.930. The predicted octanol–water partition coefficient (Wildman–Crippen LogP) is 4.54. The summed E-state index contributed by atoms with van der Waals surface area (Å²) in [6.45, 7) is 4.44. The van der Waals surface area contributed by atoms with Gasteiger partial charge in [-0.1, -0.05) is 25.1 Å². The first-order valence-corrected chi connectivity index (χ1v) is 8.79. The van der Waals surface area contributed by atoms with Crippen molar-refractivity contribution in [3.63, 3.8) is 0 Å². The molecule has 1 aromatic carbocycles. The third-order valence-electron chi connectivity index (χ3n) is 4.12. The summed E-state index contributed by atoms with van der Waals surface area (Å²) >= 11 is 2.06. The van der Waals surface area contributed by atoms with E-state index in [0.717, 1.165) is 17.8 Å². The highest BCUT2D eigenvalue weighted by Gasteiger charge is 2.22. The maximum atomic E-state index is 6.12. The van der Waals surface area contributed by atoms with E-state index in [1.165, 1.54) is 35.3 Å². The molecular weight excluding hydrogens is 266 g/mol. The number of aryl methyl sites for hydroxylation is 1. The minimum absolute atomic E-state index is 0.293. The van der Waals surface area contributed by atoms with Crippen molar-refractivity contribution in [2.45, 2.75) is 45.2 Å². The third-order valence-corrected chi connectivity index (χ3v) is 5.34. The number of benzene rings is 1. The Labute approximate surface area is 125 Å². The van der Waals surface area contributed by atoms with Crippen LogP contribution in [-0.4, -0.2) is 17.5 Å². The zero-order valence-electron chi connectivity index (χ0n) is 12.3. The fourth-order valence-electron chi connectivity index (χ4n) is 3.13. The van der Waals surface area contributed by atoms with Gasteiger partial charge in [-0.3, -0.25) is 0 Å². The van der Waals surface area contributed by atoms with E-state index in [0.29, 0.717) is 12.1 Å². The molecule has 0 radical (unpaired) electrons. The van der Waals surface area contributed by atoms with Crippen molar-refractivity contribution in [1.29, 1.82) is 0 Å². The van der Waals surface area contributed by atoms with E-state index >= 15 is 0 Å². The third kappa shape index (κ3) is 2.75. The van der Waals surface area contributed by atoms with Crippen molar-refractivity contribution in [3.8, 4) is 0 Å². The first-order valence-electron chi connectivity index (χ1n) is 7.63. The molecule has 108 valence electrons. The van der Waals surface area contributed by atoms with Gasteiger partial charge in [0.05, 0.1) is 6.04 Å². The summed E-state index contributed by atoms with van der Waals surface area (Å²) < 4.78 is 6.12. The summed E-state index contributed by atoms with van der Waals surface area (Å²) in [6, 6.07) is 9.30. The SMILES string of the molecule is CCc1c(C(C)NC2CCCSC2)oc2ccccc12. The number of rotatable bonds is 4. The Kier molecular flexibility index (Phi) is 4.37. The number of nitrogens with one attached hydrogen (secondary N) is 1. The van der Waals surface area contributed by atoms with Crippen molar-refractivity contribution in [1.82, 2.24) is 5.32 Å². The van der Waals surface area contributed by atoms with Crippen molar-refractivity contribution in [2.75, 3.05) is 11.5 Å². The molecular formula is C17H23NOS. The van der Waals surface area contributed by atoms with E-state index in [1.54, 1.807) is 0 Å². The van der Waals surface area contributed by atoms with Crippen LogP contribution in [0.15, 0.2) is 28.7 Å². The van der Waals surface area contributed by atoms with Gasteiger partial charge in [0.25, 0.3) is 0 Å². The second-order valence-electron chi connectivity index (χ2n) is 5.60. The summed E-state index contributed by atoms with van der Waals surface area (Å²) in [6.07, 6.45) is 3.65. The summed E-state index contributed by atoms with van der Waals surface area (Å²) in [5.74, 6) is 3.67.